The Morgan fingerprint density at radius 3 is 2.61 bits per heavy atom. The lowest BCUT2D eigenvalue weighted by molar-refractivity contribution is 0.0694. The van der Waals surface area contributed by atoms with Gasteiger partial charge in [0.1, 0.15) is 11.3 Å². The third kappa shape index (κ3) is 1.64. The van der Waals surface area contributed by atoms with Crippen molar-refractivity contribution in [3.8, 4) is 5.75 Å². The first-order valence-electron chi connectivity index (χ1n) is 5.38. The van der Waals surface area contributed by atoms with E-state index in [-0.39, 0.29) is 5.56 Å². The summed E-state index contributed by atoms with van der Waals surface area (Å²) >= 11 is 0. The molecular formula is C13H13NO4. The zero-order chi connectivity index (χ0) is 13.4. The van der Waals surface area contributed by atoms with E-state index in [0.717, 1.165) is 5.39 Å². The van der Waals surface area contributed by atoms with Crippen molar-refractivity contribution in [2.24, 2.45) is 7.05 Å². The number of aromatic nitrogens is 1. The molecule has 0 atom stereocenters. The Morgan fingerprint density at radius 2 is 2.06 bits per heavy atom. The van der Waals surface area contributed by atoms with Gasteiger partial charge in [0, 0.05) is 18.5 Å². The molecule has 5 nitrogen and oxygen atoms in total. The molecule has 0 aliphatic heterocycles. The van der Waals surface area contributed by atoms with E-state index in [1.54, 1.807) is 32.2 Å². The van der Waals surface area contributed by atoms with Crippen molar-refractivity contribution >= 4 is 16.9 Å². The van der Waals surface area contributed by atoms with Crippen molar-refractivity contribution in [3.05, 3.63) is 39.7 Å². The normalized spacial score (nSPS) is 10.6. The maximum absolute atomic E-state index is 12.0. The van der Waals surface area contributed by atoms with Crippen molar-refractivity contribution in [3.63, 3.8) is 0 Å². The van der Waals surface area contributed by atoms with Crippen LogP contribution in [0, 0.1) is 6.92 Å². The minimum absolute atomic E-state index is 0.185. The van der Waals surface area contributed by atoms with Gasteiger partial charge in [0.25, 0.3) is 5.56 Å². The molecule has 1 aromatic heterocycles. The molecule has 0 radical (unpaired) electrons. The number of benzene rings is 1. The molecule has 0 aliphatic carbocycles. The van der Waals surface area contributed by atoms with Crippen molar-refractivity contribution in [2.75, 3.05) is 7.11 Å². The molecule has 1 N–H and O–H groups in total. The van der Waals surface area contributed by atoms with E-state index >= 15 is 0 Å². The second-order valence-corrected chi connectivity index (χ2v) is 4.05. The van der Waals surface area contributed by atoms with E-state index in [1.807, 2.05) is 0 Å². The fourth-order valence-corrected chi connectivity index (χ4v) is 2.06. The molecule has 0 amide bonds. The quantitative estimate of drug-likeness (QED) is 0.874. The summed E-state index contributed by atoms with van der Waals surface area (Å²) in [5.41, 5.74) is 0.432. The van der Waals surface area contributed by atoms with Gasteiger partial charge in [0.15, 0.2) is 0 Å². The lowest BCUT2D eigenvalue weighted by atomic mass is 10.0. The Morgan fingerprint density at radius 1 is 1.39 bits per heavy atom. The van der Waals surface area contributed by atoms with Crippen LogP contribution in [0.25, 0.3) is 10.9 Å². The van der Waals surface area contributed by atoms with Crippen LogP contribution in [0.4, 0.5) is 0 Å². The molecule has 2 aromatic rings. The fraction of sp³-hybridized carbons (Fsp3) is 0.231. The molecule has 0 fully saturated rings. The van der Waals surface area contributed by atoms with Gasteiger partial charge in [-0.1, -0.05) is 0 Å². The monoisotopic (exact) mass is 247 g/mol. The number of carbonyl (C=O) groups is 1. The summed E-state index contributed by atoms with van der Waals surface area (Å²) in [7, 11) is 3.09. The van der Waals surface area contributed by atoms with Crippen LogP contribution >= 0.6 is 0 Å². The molecule has 2 rings (SSSR count). The van der Waals surface area contributed by atoms with Crippen LogP contribution in [0.1, 0.15) is 15.9 Å². The van der Waals surface area contributed by atoms with E-state index in [9.17, 15) is 9.59 Å². The lowest BCUT2D eigenvalue weighted by Crippen LogP contribution is -2.26. The topological polar surface area (TPSA) is 68.5 Å². The first-order chi connectivity index (χ1) is 8.47. The second-order valence-electron chi connectivity index (χ2n) is 4.05. The highest BCUT2D eigenvalue weighted by atomic mass is 16.5. The number of fused-ring (bicyclic) bond motifs is 1. The summed E-state index contributed by atoms with van der Waals surface area (Å²) < 4.78 is 6.43. The predicted molar refractivity (Wildman–Crippen MR) is 67.4 cm³/mol. The highest BCUT2D eigenvalue weighted by Gasteiger charge is 2.17. The smallest absolute Gasteiger partial charge is 0.341 e. The molecule has 0 bridgehead atoms. The second kappa shape index (κ2) is 4.18. The first kappa shape index (κ1) is 12.2. The van der Waals surface area contributed by atoms with Gasteiger partial charge in [0.2, 0.25) is 0 Å². The predicted octanol–water partition coefficient (Wildman–Crippen LogP) is 1.55. The molecule has 0 aliphatic rings. The van der Waals surface area contributed by atoms with Gasteiger partial charge >= 0.3 is 5.97 Å². The third-order valence-corrected chi connectivity index (χ3v) is 3.08. The van der Waals surface area contributed by atoms with Crippen molar-refractivity contribution < 1.29 is 14.6 Å². The zero-order valence-corrected chi connectivity index (χ0v) is 10.4. The Kier molecular flexibility index (Phi) is 2.82. The highest BCUT2D eigenvalue weighted by molar-refractivity contribution is 5.96. The number of aryl methyl sites for hydroxylation is 2. The number of rotatable bonds is 2. The molecule has 0 unspecified atom stereocenters. The first-order valence-corrected chi connectivity index (χ1v) is 5.38. The van der Waals surface area contributed by atoms with Gasteiger partial charge in [-0.25, -0.2) is 4.79 Å². The number of methoxy groups -OCH3 is 1. The van der Waals surface area contributed by atoms with Gasteiger partial charge in [0.05, 0.1) is 12.6 Å². The fourth-order valence-electron chi connectivity index (χ4n) is 2.06. The van der Waals surface area contributed by atoms with Crippen LogP contribution in [0.5, 0.6) is 5.75 Å². The Hall–Kier alpha value is -2.30. The summed E-state index contributed by atoms with van der Waals surface area (Å²) in [4.78, 5) is 23.1. The van der Waals surface area contributed by atoms with Crippen molar-refractivity contribution in [2.45, 2.75) is 6.92 Å². The van der Waals surface area contributed by atoms with E-state index in [1.165, 1.54) is 11.7 Å². The number of carboxylic acid groups (broad SMARTS) is 1. The van der Waals surface area contributed by atoms with Crippen LogP contribution in [0.2, 0.25) is 0 Å². The number of hydrogen-bond acceptors (Lipinski definition) is 3. The molecular weight excluding hydrogens is 234 g/mol. The molecule has 1 aromatic carbocycles. The summed E-state index contributed by atoms with van der Waals surface area (Å²) in [6.45, 7) is 1.64. The lowest BCUT2D eigenvalue weighted by Gasteiger charge is -2.11. The van der Waals surface area contributed by atoms with Crippen molar-refractivity contribution in [1.29, 1.82) is 0 Å². The molecule has 5 heteroatoms. The largest absolute Gasteiger partial charge is 0.497 e. The van der Waals surface area contributed by atoms with E-state index in [4.69, 9.17) is 9.84 Å². The maximum Gasteiger partial charge on any atom is 0.341 e. The minimum atomic E-state index is -1.20. The van der Waals surface area contributed by atoms with Crippen molar-refractivity contribution in [1.82, 2.24) is 4.57 Å². The molecule has 1 heterocycles. The van der Waals surface area contributed by atoms with E-state index in [0.29, 0.717) is 16.8 Å². The van der Waals surface area contributed by atoms with Crippen LogP contribution in [-0.2, 0) is 7.05 Å². The van der Waals surface area contributed by atoms with Gasteiger partial charge in [-0.2, -0.15) is 0 Å². The Labute approximate surface area is 103 Å². The van der Waals surface area contributed by atoms with Crippen LogP contribution in [0.15, 0.2) is 23.0 Å². The van der Waals surface area contributed by atoms with Gasteiger partial charge in [-0.3, -0.25) is 4.79 Å². The van der Waals surface area contributed by atoms with Crippen LogP contribution in [-0.4, -0.2) is 22.8 Å². The minimum Gasteiger partial charge on any atom is -0.497 e. The summed E-state index contributed by atoms with van der Waals surface area (Å²) in [5.74, 6) is -0.578. The van der Waals surface area contributed by atoms with E-state index in [2.05, 4.69) is 0 Å². The van der Waals surface area contributed by atoms with E-state index < -0.39 is 11.5 Å². The molecule has 18 heavy (non-hydrogen) atoms. The third-order valence-electron chi connectivity index (χ3n) is 3.08. The molecule has 0 saturated carbocycles. The average Bonchev–Trinajstić information content (AvgIpc) is 2.35. The summed E-state index contributed by atoms with van der Waals surface area (Å²) in [6.07, 6.45) is 0. The van der Waals surface area contributed by atoms with Crippen LogP contribution in [0.3, 0.4) is 0 Å². The molecule has 0 saturated heterocycles. The summed E-state index contributed by atoms with van der Waals surface area (Å²) in [5, 5.41) is 9.82. The Bertz CT molecular complexity index is 700. The van der Waals surface area contributed by atoms with Gasteiger partial charge < -0.3 is 14.4 Å². The average molecular weight is 247 g/mol. The zero-order valence-electron chi connectivity index (χ0n) is 10.4. The van der Waals surface area contributed by atoms with Crippen LogP contribution < -0.4 is 10.3 Å². The highest BCUT2D eigenvalue weighted by Crippen LogP contribution is 2.23. The molecule has 94 valence electrons. The number of pyridine rings is 1. The number of carboxylic acids is 1. The number of aromatic carboxylic acids is 1. The van der Waals surface area contributed by atoms with Gasteiger partial charge in [-0.15, -0.1) is 0 Å². The number of hydrogen-bond donors (Lipinski definition) is 1. The van der Waals surface area contributed by atoms with Gasteiger partial charge in [-0.05, 0) is 24.6 Å². The standard InChI is InChI=1S/C13H13NO4/c1-7-9-5-4-8(18-3)6-10(9)14(2)12(15)11(7)13(16)17/h4-6H,1-3H3,(H,16,17). The SMILES string of the molecule is COc1ccc2c(C)c(C(=O)O)c(=O)n(C)c2c1. The summed E-state index contributed by atoms with van der Waals surface area (Å²) in [6, 6.07) is 5.22. The number of nitrogens with zero attached hydrogens (tertiary/aromatic N) is 1. The Balaban J connectivity index is 2.97. The molecule has 0 spiro atoms. The maximum atomic E-state index is 12.0. The number of ether oxygens (including phenoxy) is 1.